The minimum absolute atomic E-state index is 0.0164. The predicted molar refractivity (Wildman–Crippen MR) is 126 cm³/mol. The Morgan fingerprint density at radius 1 is 1.16 bits per heavy atom. The van der Waals surface area contributed by atoms with Gasteiger partial charge in [-0.2, -0.15) is 0 Å². The van der Waals surface area contributed by atoms with Crippen LogP contribution in [0.3, 0.4) is 0 Å². The summed E-state index contributed by atoms with van der Waals surface area (Å²) in [6.07, 6.45) is 2.61. The van der Waals surface area contributed by atoms with Gasteiger partial charge >= 0.3 is 0 Å². The molecule has 32 heavy (non-hydrogen) atoms. The van der Waals surface area contributed by atoms with Gasteiger partial charge in [-0.05, 0) is 74.7 Å². The zero-order valence-corrected chi connectivity index (χ0v) is 19.3. The molecule has 2 heterocycles. The molecule has 0 unspecified atom stereocenters. The molecule has 0 aromatic heterocycles. The molecule has 2 aliphatic heterocycles. The average Bonchev–Trinajstić information content (AvgIpc) is 3.46. The maximum absolute atomic E-state index is 13.1. The van der Waals surface area contributed by atoms with E-state index in [1.807, 2.05) is 44.2 Å². The molecule has 0 bridgehead atoms. The lowest BCUT2D eigenvalue weighted by Crippen LogP contribution is -2.40. The second kappa shape index (κ2) is 9.74. The second-order valence-electron chi connectivity index (χ2n) is 8.91. The first kappa shape index (κ1) is 22.3. The van der Waals surface area contributed by atoms with Crippen LogP contribution in [0, 0.1) is 19.8 Å². The van der Waals surface area contributed by atoms with Gasteiger partial charge in [-0.25, -0.2) is 0 Å². The van der Waals surface area contributed by atoms with E-state index in [2.05, 4.69) is 22.3 Å². The van der Waals surface area contributed by atoms with Gasteiger partial charge in [0.05, 0.1) is 19.1 Å². The van der Waals surface area contributed by atoms with Crippen molar-refractivity contribution in [3.05, 3.63) is 59.2 Å². The van der Waals surface area contributed by atoms with E-state index in [1.165, 1.54) is 12.8 Å². The van der Waals surface area contributed by atoms with E-state index in [-0.39, 0.29) is 30.2 Å². The van der Waals surface area contributed by atoms with Gasteiger partial charge in [0.1, 0.15) is 5.75 Å². The van der Waals surface area contributed by atoms with Crippen LogP contribution in [0.1, 0.15) is 42.0 Å². The Kier molecular flexibility index (Phi) is 6.80. The van der Waals surface area contributed by atoms with Crippen molar-refractivity contribution < 1.29 is 14.3 Å². The Balaban J connectivity index is 1.44. The monoisotopic (exact) mass is 435 g/mol. The molecule has 2 fully saturated rings. The van der Waals surface area contributed by atoms with Crippen molar-refractivity contribution in [2.75, 3.05) is 38.2 Å². The van der Waals surface area contributed by atoms with Gasteiger partial charge in [0.2, 0.25) is 11.8 Å². The SMILES string of the molecule is COc1cccc([C@@H](CNC(=O)[C@@H]2CC(=O)N(c3cccc(C)c3C)C2)N2CCCC2)c1. The molecule has 2 atom stereocenters. The van der Waals surface area contributed by atoms with E-state index in [4.69, 9.17) is 4.74 Å². The number of benzene rings is 2. The Labute approximate surface area is 190 Å². The number of nitrogens with one attached hydrogen (secondary N) is 1. The van der Waals surface area contributed by atoms with Crippen LogP contribution >= 0.6 is 0 Å². The molecular formula is C26H33N3O3. The van der Waals surface area contributed by atoms with Gasteiger partial charge in [0.25, 0.3) is 0 Å². The smallest absolute Gasteiger partial charge is 0.227 e. The van der Waals surface area contributed by atoms with Crippen LogP contribution < -0.4 is 15.0 Å². The van der Waals surface area contributed by atoms with E-state index < -0.39 is 0 Å². The highest BCUT2D eigenvalue weighted by atomic mass is 16.5. The topological polar surface area (TPSA) is 61.9 Å². The fourth-order valence-electron chi connectivity index (χ4n) is 4.85. The summed E-state index contributed by atoms with van der Waals surface area (Å²) in [5.41, 5.74) is 4.30. The number of methoxy groups -OCH3 is 1. The number of hydrogen-bond acceptors (Lipinski definition) is 4. The van der Waals surface area contributed by atoms with Crippen molar-refractivity contribution in [1.29, 1.82) is 0 Å². The highest BCUT2D eigenvalue weighted by Crippen LogP contribution is 2.30. The van der Waals surface area contributed by atoms with Crippen LogP contribution in [0.4, 0.5) is 5.69 Å². The number of carbonyl (C=O) groups is 2. The fourth-order valence-corrected chi connectivity index (χ4v) is 4.85. The van der Waals surface area contributed by atoms with Gasteiger partial charge in [0, 0.05) is 25.2 Å². The maximum atomic E-state index is 13.1. The Hall–Kier alpha value is -2.86. The van der Waals surface area contributed by atoms with Crippen molar-refractivity contribution in [3.8, 4) is 5.75 Å². The van der Waals surface area contributed by atoms with Gasteiger partial charge in [-0.15, -0.1) is 0 Å². The third kappa shape index (κ3) is 4.65. The van der Waals surface area contributed by atoms with E-state index in [0.29, 0.717) is 13.1 Å². The number of nitrogens with zero attached hydrogens (tertiary/aromatic N) is 2. The first-order chi connectivity index (χ1) is 15.5. The molecule has 6 nitrogen and oxygen atoms in total. The second-order valence-corrected chi connectivity index (χ2v) is 8.91. The third-order valence-electron chi connectivity index (χ3n) is 6.89. The van der Waals surface area contributed by atoms with E-state index in [0.717, 1.165) is 41.2 Å². The molecule has 0 aliphatic carbocycles. The molecule has 2 saturated heterocycles. The van der Waals surface area contributed by atoms with Crippen molar-refractivity contribution >= 4 is 17.5 Å². The molecule has 0 spiro atoms. The Bertz CT molecular complexity index is 984. The summed E-state index contributed by atoms with van der Waals surface area (Å²) in [6, 6.07) is 14.2. The number of rotatable bonds is 7. The quantitative estimate of drug-likeness (QED) is 0.722. The molecule has 0 radical (unpaired) electrons. The van der Waals surface area contributed by atoms with Crippen LogP contribution in [0.5, 0.6) is 5.75 Å². The molecular weight excluding hydrogens is 402 g/mol. The summed E-state index contributed by atoms with van der Waals surface area (Å²) in [4.78, 5) is 30.0. The molecule has 4 rings (SSSR count). The predicted octanol–water partition coefficient (Wildman–Crippen LogP) is 3.62. The number of ether oxygens (including phenoxy) is 1. The molecule has 0 saturated carbocycles. The summed E-state index contributed by atoms with van der Waals surface area (Å²) in [7, 11) is 1.67. The van der Waals surface area contributed by atoms with Crippen molar-refractivity contribution in [2.24, 2.45) is 5.92 Å². The first-order valence-corrected chi connectivity index (χ1v) is 11.5. The lowest BCUT2D eigenvalue weighted by atomic mass is 10.0. The molecule has 2 aromatic rings. The molecule has 2 aliphatic rings. The lowest BCUT2D eigenvalue weighted by Gasteiger charge is -2.29. The Morgan fingerprint density at radius 3 is 2.66 bits per heavy atom. The summed E-state index contributed by atoms with van der Waals surface area (Å²) in [5, 5.41) is 3.16. The molecule has 170 valence electrons. The first-order valence-electron chi connectivity index (χ1n) is 11.5. The number of aryl methyl sites for hydroxylation is 1. The molecule has 1 N–H and O–H groups in total. The number of hydrogen-bond donors (Lipinski definition) is 1. The van der Waals surface area contributed by atoms with E-state index in [1.54, 1.807) is 12.0 Å². The number of likely N-dealkylation sites (tertiary alicyclic amines) is 1. The number of amides is 2. The largest absolute Gasteiger partial charge is 0.497 e. The van der Waals surface area contributed by atoms with Crippen LogP contribution in [-0.2, 0) is 9.59 Å². The summed E-state index contributed by atoms with van der Waals surface area (Å²) < 4.78 is 5.41. The van der Waals surface area contributed by atoms with Crippen LogP contribution in [0.25, 0.3) is 0 Å². The highest BCUT2D eigenvalue weighted by Gasteiger charge is 2.36. The average molecular weight is 436 g/mol. The van der Waals surface area contributed by atoms with Crippen LogP contribution in [-0.4, -0.2) is 50.0 Å². The number of carbonyl (C=O) groups excluding carboxylic acids is 2. The Morgan fingerprint density at radius 2 is 1.91 bits per heavy atom. The zero-order chi connectivity index (χ0) is 22.7. The minimum atomic E-state index is -0.327. The normalized spacial score (nSPS) is 19.9. The van der Waals surface area contributed by atoms with Crippen molar-refractivity contribution in [2.45, 2.75) is 39.2 Å². The lowest BCUT2D eigenvalue weighted by molar-refractivity contribution is -0.126. The van der Waals surface area contributed by atoms with Crippen molar-refractivity contribution in [1.82, 2.24) is 10.2 Å². The number of anilines is 1. The van der Waals surface area contributed by atoms with Crippen LogP contribution in [0.2, 0.25) is 0 Å². The molecule has 2 aromatic carbocycles. The van der Waals surface area contributed by atoms with Gasteiger partial charge in [-0.1, -0.05) is 24.3 Å². The van der Waals surface area contributed by atoms with Gasteiger partial charge < -0.3 is 15.0 Å². The standard InChI is InChI=1S/C26H33N3O3/c1-18-8-6-11-23(19(18)2)29-17-21(15-25(29)30)26(31)27-16-24(28-12-4-5-13-28)20-9-7-10-22(14-20)32-3/h6-11,14,21,24H,4-5,12-13,15-17H2,1-3H3,(H,27,31)/t21-,24-/m1/s1. The third-order valence-corrected chi connectivity index (χ3v) is 6.89. The summed E-state index contributed by atoms with van der Waals surface area (Å²) in [5.74, 6) is 0.469. The van der Waals surface area contributed by atoms with Gasteiger partial charge in [0.15, 0.2) is 0 Å². The summed E-state index contributed by atoms with van der Waals surface area (Å²) >= 11 is 0. The maximum Gasteiger partial charge on any atom is 0.227 e. The fraction of sp³-hybridized carbons (Fsp3) is 0.462. The zero-order valence-electron chi connectivity index (χ0n) is 19.3. The van der Waals surface area contributed by atoms with E-state index in [9.17, 15) is 9.59 Å². The minimum Gasteiger partial charge on any atom is -0.497 e. The van der Waals surface area contributed by atoms with E-state index >= 15 is 0 Å². The van der Waals surface area contributed by atoms with Crippen LogP contribution in [0.15, 0.2) is 42.5 Å². The molecule has 6 heteroatoms. The highest BCUT2D eigenvalue weighted by molar-refractivity contribution is 6.00. The summed E-state index contributed by atoms with van der Waals surface area (Å²) in [6.45, 7) is 7.09. The van der Waals surface area contributed by atoms with Gasteiger partial charge in [-0.3, -0.25) is 14.5 Å². The molecule has 2 amide bonds. The van der Waals surface area contributed by atoms with Crippen molar-refractivity contribution in [3.63, 3.8) is 0 Å².